The van der Waals surface area contributed by atoms with Gasteiger partial charge in [0, 0.05) is 29.7 Å². The van der Waals surface area contributed by atoms with Crippen molar-refractivity contribution in [2.75, 3.05) is 0 Å². The molecule has 108 valence electrons. The third-order valence-electron chi connectivity index (χ3n) is 2.80. The summed E-state index contributed by atoms with van der Waals surface area (Å²) in [7, 11) is 0. The molecule has 0 saturated heterocycles. The number of nitrogens with zero attached hydrogens (tertiary/aromatic N) is 6. The van der Waals surface area contributed by atoms with Gasteiger partial charge in [0.15, 0.2) is 0 Å². The first-order valence-electron chi connectivity index (χ1n) is 5.90. The first kappa shape index (κ1) is 15.6. The number of hydrogen-bond donors (Lipinski definition) is 0. The summed E-state index contributed by atoms with van der Waals surface area (Å²) in [4.78, 5) is 27.6. The maximum Gasteiger partial charge on any atom is 0.303 e. The number of rotatable bonds is 4. The lowest BCUT2D eigenvalue weighted by Crippen LogP contribution is -2.49. The molecular formula is C10H14N6O4. The number of hydrogen-bond acceptors (Lipinski definition) is 6. The summed E-state index contributed by atoms with van der Waals surface area (Å²) in [6, 6.07) is -1.25. The summed E-state index contributed by atoms with van der Waals surface area (Å²) in [5.74, 6) is -1.14. The van der Waals surface area contributed by atoms with Crippen LogP contribution < -0.4 is 0 Å². The van der Waals surface area contributed by atoms with Crippen molar-refractivity contribution in [2.24, 2.45) is 10.2 Å². The lowest BCUT2D eigenvalue weighted by molar-refractivity contribution is -0.170. The lowest BCUT2D eigenvalue weighted by Gasteiger charge is -2.37. The van der Waals surface area contributed by atoms with Crippen molar-refractivity contribution in [3.05, 3.63) is 20.9 Å². The van der Waals surface area contributed by atoms with Gasteiger partial charge in [-0.2, -0.15) is 0 Å². The van der Waals surface area contributed by atoms with Gasteiger partial charge in [-0.1, -0.05) is 10.2 Å². The summed E-state index contributed by atoms with van der Waals surface area (Å²) >= 11 is 0. The van der Waals surface area contributed by atoms with E-state index in [1.807, 2.05) is 0 Å². The Balaban J connectivity index is 3.02. The second kappa shape index (κ2) is 7.22. The summed E-state index contributed by atoms with van der Waals surface area (Å²) in [5.41, 5.74) is 17.0. The van der Waals surface area contributed by atoms with Crippen molar-refractivity contribution >= 4 is 11.9 Å². The monoisotopic (exact) mass is 282 g/mol. The second-order valence-corrected chi connectivity index (χ2v) is 4.32. The van der Waals surface area contributed by atoms with Gasteiger partial charge in [-0.3, -0.25) is 9.59 Å². The van der Waals surface area contributed by atoms with E-state index in [2.05, 4.69) is 20.1 Å². The fourth-order valence-corrected chi connectivity index (χ4v) is 2.18. The standard InChI is InChI=1S/C10H14N6O4/c1-5(17)19-9-4-7(13-15-11)3-8(14-16-12)10(9)20-6(2)18/h7-10H,3-4H2,1-2H3/t7?,8?,9-,10-/m0/s1. The average molecular weight is 282 g/mol. The predicted molar refractivity (Wildman–Crippen MR) is 66.2 cm³/mol. The van der Waals surface area contributed by atoms with Crippen LogP contribution >= 0.6 is 0 Å². The highest BCUT2D eigenvalue weighted by Crippen LogP contribution is 2.29. The Labute approximate surface area is 114 Å². The maximum atomic E-state index is 11.1. The molecule has 0 aromatic heterocycles. The molecule has 0 bridgehead atoms. The van der Waals surface area contributed by atoms with Gasteiger partial charge in [0.25, 0.3) is 0 Å². The molecule has 2 unspecified atom stereocenters. The van der Waals surface area contributed by atoms with Gasteiger partial charge in [-0.05, 0) is 23.9 Å². The van der Waals surface area contributed by atoms with E-state index in [-0.39, 0.29) is 12.8 Å². The molecule has 0 aliphatic heterocycles. The predicted octanol–water partition coefficient (Wildman–Crippen LogP) is 2.00. The molecule has 1 saturated carbocycles. The van der Waals surface area contributed by atoms with Gasteiger partial charge in [-0.15, -0.1) is 0 Å². The first-order chi connectivity index (χ1) is 9.47. The van der Waals surface area contributed by atoms with E-state index in [1.165, 1.54) is 13.8 Å². The van der Waals surface area contributed by atoms with Gasteiger partial charge in [-0.25, -0.2) is 0 Å². The van der Waals surface area contributed by atoms with Crippen molar-refractivity contribution in [1.82, 2.24) is 0 Å². The van der Waals surface area contributed by atoms with Crippen molar-refractivity contribution in [1.29, 1.82) is 0 Å². The third kappa shape index (κ3) is 4.34. The second-order valence-electron chi connectivity index (χ2n) is 4.32. The molecule has 1 aliphatic carbocycles. The Bertz CT molecular complexity index is 482. The van der Waals surface area contributed by atoms with Crippen LogP contribution in [-0.2, 0) is 19.1 Å². The fourth-order valence-electron chi connectivity index (χ4n) is 2.18. The van der Waals surface area contributed by atoms with E-state index in [0.717, 1.165) is 0 Å². The summed E-state index contributed by atoms with van der Waals surface area (Å²) in [6.07, 6.45) is -1.25. The van der Waals surface area contributed by atoms with E-state index in [0.29, 0.717) is 0 Å². The lowest BCUT2D eigenvalue weighted by atomic mass is 9.86. The van der Waals surface area contributed by atoms with E-state index in [1.54, 1.807) is 0 Å². The molecule has 0 radical (unpaired) electrons. The largest absolute Gasteiger partial charge is 0.459 e. The molecule has 1 fully saturated rings. The van der Waals surface area contributed by atoms with Crippen LogP contribution in [0.2, 0.25) is 0 Å². The smallest absolute Gasteiger partial charge is 0.303 e. The highest BCUT2D eigenvalue weighted by Gasteiger charge is 2.41. The molecule has 1 rings (SSSR count). The third-order valence-corrected chi connectivity index (χ3v) is 2.80. The Kier molecular flexibility index (Phi) is 5.64. The maximum absolute atomic E-state index is 11.1. The molecule has 0 aromatic carbocycles. The van der Waals surface area contributed by atoms with Gasteiger partial charge in [0.2, 0.25) is 0 Å². The molecule has 0 aromatic rings. The van der Waals surface area contributed by atoms with Gasteiger partial charge in [0.05, 0.1) is 6.04 Å². The molecule has 4 atom stereocenters. The summed E-state index contributed by atoms with van der Waals surface area (Å²) < 4.78 is 10.2. The minimum absolute atomic E-state index is 0.207. The highest BCUT2D eigenvalue weighted by molar-refractivity contribution is 5.67. The quantitative estimate of drug-likeness (QED) is 0.335. The zero-order valence-electron chi connectivity index (χ0n) is 11.0. The van der Waals surface area contributed by atoms with E-state index in [4.69, 9.17) is 20.5 Å². The van der Waals surface area contributed by atoms with Crippen LogP contribution in [0.1, 0.15) is 26.7 Å². The Morgan fingerprint density at radius 2 is 1.65 bits per heavy atom. The minimum atomic E-state index is -0.877. The van der Waals surface area contributed by atoms with Crippen LogP contribution in [0.15, 0.2) is 10.2 Å². The van der Waals surface area contributed by atoms with E-state index >= 15 is 0 Å². The molecule has 0 amide bonds. The van der Waals surface area contributed by atoms with Crippen LogP contribution in [0.3, 0.4) is 0 Å². The van der Waals surface area contributed by atoms with Gasteiger partial charge < -0.3 is 9.47 Å². The van der Waals surface area contributed by atoms with Crippen molar-refractivity contribution in [3.8, 4) is 0 Å². The van der Waals surface area contributed by atoms with Crippen molar-refractivity contribution in [2.45, 2.75) is 51.0 Å². The zero-order valence-corrected chi connectivity index (χ0v) is 11.0. The van der Waals surface area contributed by atoms with Crippen LogP contribution in [0.25, 0.3) is 20.9 Å². The fraction of sp³-hybridized carbons (Fsp3) is 0.800. The Morgan fingerprint density at radius 1 is 1.05 bits per heavy atom. The molecule has 0 spiro atoms. The SMILES string of the molecule is CC(=O)O[C@H]1CC(N=[N+]=[N-])CC(N=[N+]=[N-])[C@@H]1OC(C)=O. The van der Waals surface area contributed by atoms with Crippen LogP contribution in [-0.4, -0.2) is 36.2 Å². The molecule has 10 nitrogen and oxygen atoms in total. The molecule has 20 heavy (non-hydrogen) atoms. The van der Waals surface area contributed by atoms with Crippen LogP contribution in [0.5, 0.6) is 0 Å². The molecule has 0 heterocycles. The number of carbonyl (C=O) groups excluding carboxylic acids is 2. The summed E-state index contributed by atoms with van der Waals surface area (Å²) in [6.45, 7) is 2.42. The van der Waals surface area contributed by atoms with Crippen LogP contribution in [0, 0.1) is 0 Å². The number of ether oxygens (including phenoxy) is 2. The van der Waals surface area contributed by atoms with Crippen molar-refractivity contribution in [3.63, 3.8) is 0 Å². The summed E-state index contributed by atoms with van der Waals surface area (Å²) in [5, 5.41) is 7.09. The molecule has 1 aliphatic rings. The minimum Gasteiger partial charge on any atom is -0.459 e. The van der Waals surface area contributed by atoms with E-state index < -0.39 is 36.2 Å². The Morgan fingerprint density at radius 3 is 2.15 bits per heavy atom. The van der Waals surface area contributed by atoms with Crippen LogP contribution in [0.4, 0.5) is 0 Å². The Hall–Kier alpha value is -2.44. The zero-order chi connectivity index (χ0) is 15.1. The highest BCUT2D eigenvalue weighted by atomic mass is 16.6. The number of azide groups is 2. The number of carbonyl (C=O) groups is 2. The first-order valence-corrected chi connectivity index (χ1v) is 5.90. The average Bonchev–Trinajstić information content (AvgIpc) is 2.33. The van der Waals surface area contributed by atoms with Gasteiger partial charge >= 0.3 is 11.9 Å². The topological polar surface area (TPSA) is 150 Å². The molecular weight excluding hydrogens is 268 g/mol. The van der Waals surface area contributed by atoms with E-state index in [9.17, 15) is 9.59 Å². The normalized spacial score (nSPS) is 28.5. The molecule has 10 heteroatoms. The van der Waals surface area contributed by atoms with Crippen molar-refractivity contribution < 1.29 is 19.1 Å². The van der Waals surface area contributed by atoms with Gasteiger partial charge in [0.1, 0.15) is 12.2 Å². The molecule has 0 N–H and O–H groups in total. The number of esters is 2.